The lowest BCUT2D eigenvalue weighted by Gasteiger charge is -2.08. The van der Waals surface area contributed by atoms with Crippen LogP contribution in [0.25, 0.3) is 0 Å². The summed E-state index contributed by atoms with van der Waals surface area (Å²) in [5.41, 5.74) is 7.01. The van der Waals surface area contributed by atoms with Crippen molar-refractivity contribution in [3.63, 3.8) is 0 Å². The number of amidine groups is 1. The van der Waals surface area contributed by atoms with E-state index in [9.17, 15) is 0 Å². The fourth-order valence-electron chi connectivity index (χ4n) is 1.39. The molecule has 1 aromatic rings. The lowest BCUT2D eigenvalue weighted by Crippen LogP contribution is -2.13. The summed E-state index contributed by atoms with van der Waals surface area (Å²) in [6, 6.07) is 0. The highest BCUT2D eigenvalue weighted by molar-refractivity contribution is 7.99. The Bertz CT molecular complexity index is 388. The number of hydrogen-bond donors (Lipinski definition) is 3. The SMILES string of the molecule is Cc1nn(C)c(SCC(C)CO)c1C(=N)N. The Labute approximate surface area is 99.5 Å². The minimum Gasteiger partial charge on any atom is -0.396 e. The second-order valence-electron chi connectivity index (χ2n) is 3.90. The molecule has 0 saturated heterocycles. The van der Waals surface area contributed by atoms with Crippen molar-refractivity contribution in [1.82, 2.24) is 9.78 Å². The number of nitrogens with one attached hydrogen (secondary N) is 1. The second-order valence-corrected chi connectivity index (χ2v) is 4.91. The summed E-state index contributed by atoms with van der Waals surface area (Å²) in [6.45, 7) is 3.99. The highest BCUT2D eigenvalue weighted by Crippen LogP contribution is 2.26. The molecule has 0 aliphatic rings. The monoisotopic (exact) mass is 242 g/mol. The maximum Gasteiger partial charge on any atom is 0.127 e. The molecule has 1 rings (SSSR count). The van der Waals surface area contributed by atoms with Crippen LogP contribution in [-0.4, -0.2) is 33.1 Å². The fraction of sp³-hybridized carbons (Fsp3) is 0.600. The highest BCUT2D eigenvalue weighted by atomic mass is 32.2. The molecule has 0 fully saturated rings. The van der Waals surface area contributed by atoms with Crippen molar-refractivity contribution in [3.05, 3.63) is 11.3 Å². The van der Waals surface area contributed by atoms with Crippen molar-refractivity contribution >= 4 is 17.6 Å². The minimum atomic E-state index is 0.0461. The van der Waals surface area contributed by atoms with E-state index in [1.165, 1.54) is 0 Å². The zero-order valence-electron chi connectivity index (χ0n) is 9.82. The topological polar surface area (TPSA) is 87.9 Å². The van der Waals surface area contributed by atoms with Crippen LogP contribution in [0.5, 0.6) is 0 Å². The van der Waals surface area contributed by atoms with Crippen LogP contribution in [-0.2, 0) is 7.05 Å². The van der Waals surface area contributed by atoms with Crippen molar-refractivity contribution in [3.8, 4) is 0 Å². The van der Waals surface area contributed by atoms with Gasteiger partial charge in [-0.25, -0.2) is 0 Å². The summed E-state index contributed by atoms with van der Waals surface area (Å²) in [7, 11) is 1.84. The van der Waals surface area contributed by atoms with E-state index in [0.717, 1.165) is 16.5 Å². The van der Waals surface area contributed by atoms with Crippen molar-refractivity contribution in [2.24, 2.45) is 18.7 Å². The molecule has 1 heterocycles. The normalized spacial score (nSPS) is 12.8. The van der Waals surface area contributed by atoms with Crippen molar-refractivity contribution in [2.75, 3.05) is 12.4 Å². The third-order valence-electron chi connectivity index (χ3n) is 2.26. The van der Waals surface area contributed by atoms with Crippen molar-refractivity contribution in [1.29, 1.82) is 5.41 Å². The predicted octanol–water partition coefficient (Wildman–Crippen LogP) is 0.733. The summed E-state index contributed by atoms with van der Waals surface area (Å²) in [4.78, 5) is 0. The van der Waals surface area contributed by atoms with Gasteiger partial charge in [0.05, 0.1) is 11.3 Å². The smallest absolute Gasteiger partial charge is 0.127 e. The first-order chi connectivity index (χ1) is 7.47. The van der Waals surface area contributed by atoms with Crippen molar-refractivity contribution in [2.45, 2.75) is 18.9 Å². The molecule has 0 amide bonds. The van der Waals surface area contributed by atoms with Crippen LogP contribution in [0.4, 0.5) is 0 Å². The number of rotatable bonds is 5. The van der Waals surface area contributed by atoms with Gasteiger partial charge in [-0.2, -0.15) is 5.10 Å². The van der Waals surface area contributed by atoms with E-state index < -0.39 is 0 Å². The maximum atomic E-state index is 8.96. The number of aryl methyl sites for hydroxylation is 2. The molecule has 90 valence electrons. The van der Waals surface area contributed by atoms with Gasteiger partial charge in [0.2, 0.25) is 0 Å². The van der Waals surface area contributed by atoms with E-state index in [0.29, 0.717) is 5.56 Å². The fourth-order valence-corrected chi connectivity index (χ4v) is 2.56. The van der Waals surface area contributed by atoms with E-state index in [4.69, 9.17) is 16.2 Å². The molecule has 0 aliphatic carbocycles. The molecule has 4 N–H and O–H groups in total. The number of aliphatic hydroxyl groups is 1. The van der Waals surface area contributed by atoms with Crippen LogP contribution in [0.1, 0.15) is 18.2 Å². The highest BCUT2D eigenvalue weighted by Gasteiger charge is 2.16. The number of aromatic nitrogens is 2. The molecule has 0 aliphatic heterocycles. The molecule has 5 nitrogen and oxygen atoms in total. The summed E-state index contributed by atoms with van der Waals surface area (Å²) < 4.78 is 1.74. The molecule has 6 heteroatoms. The van der Waals surface area contributed by atoms with Gasteiger partial charge < -0.3 is 10.8 Å². The summed E-state index contributed by atoms with van der Waals surface area (Å²) in [6.07, 6.45) is 0. The zero-order valence-corrected chi connectivity index (χ0v) is 10.6. The molecule has 0 spiro atoms. The Morgan fingerprint density at radius 2 is 2.31 bits per heavy atom. The average Bonchev–Trinajstić information content (AvgIpc) is 2.49. The van der Waals surface area contributed by atoms with Crippen LogP contribution >= 0.6 is 11.8 Å². The Balaban J connectivity index is 2.90. The number of thioether (sulfide) groups is 1. The van der Waals surface area contributed by atoms with Gasteiger partial charge in [-0.15, -0.1) is 11.8 Å². The van der Waals surface area contributed by atoms with E-state index in [1.54, 1.807) is 16.4 Å². The summed E-state index contributed by atoms with van der Waals surface area (Å²) >= 11 is 1.58. The van der Waals surface area contributed by atoms with Gasteiger partial charge in [0.15, 0.2) is 0 Å². The molecular formula is C10H18N4OS. The number of aliphatic hydroxyl groups excluding tert-OH is 1. The average molecular weight is 242 g/mol. The second kappa shape index (κ2) is 5.36. The molecular weight excluding hydrogens is 224 g/mol. The van der Waals surface area contributed by atoms with Crippen LogP contribution in [0, 0.1) is 18.3 Å². The lowest BCUT2D eigenvalue weighted by molar-refractivity contribution is 0.250. The first kappa shape index (κ1) is 13.1. The molecule has 0 saturated carbocycles. The maximum absolute atomic E-state index is 8.96. The van der Waals surface area contributed by atoms with Crippen LogP contribution in [0.2, 0.25) is 0 Å². The third-order valence-corrected chi connectivity index (χ3v) is 3.73. The van der Waals surface area contributed by atoms with Gasteiger partial charge in [-0.3, -0.25) is 10.1 Å². The van der Waals surface area contributed by atoms with Crippen LogP contribution < -0.4 is 5.73 Å². The molecule has 16 heavy (non-hydrogen) atoms. The molecule has 1 unspecified atom stereocenters. The predicted molar refractivity (Wildman–Crippen MR) is 65.9 cm³/mol. The lowest BCUT2D eigenvalue weighted by atomic mass is 10.2. The Morgan fingerprint density at radius 1 is 1.69 bits per heavy atom. The number of nitrogens with zero attached hydrogens (tertiary/aromatic N) is 2. The summed E-state index contributed by atoms with van der Waals surface area (Å²) in [5, 5.41) is 21.6. The quantitative estimate of drug-likeness (QED) is 0.403. The minimum absolute atomic E-state index is 0.0461. The standard InChI is InChI=1S/C10H18N4OS/c1-6(4-15)5-16-10-8(9(11)12)7(2)13-14(10)3/h6,15H,4-5H2,1-3H3,(H3,11,12). The van der Waals surface area contributed by atoms with Crippen LogP contribution in [0.3, 0.4) is 0 Å². The van der Waals surface area contributed by atoms with Gasteiger partial charge >= 0.3 is 0 Å². The first-order valence-electron chi connectivity index (χ1n) is 5.09. The van der Waals surface area contributed by atoms with Gasteiger partial charge in [-0.1, -0.05) is 6.92 Å². The van der Waals surface area contributed by atoms with Gasteiger partial charge in [-0.05, 0) is 12.8 Å². The largest absolute Gasteiger partial charge is 0.396 e. The van der Waals surface area contributed by atoms with Crippen molar-refractivity contribution < 1.29 is 5.11 Å². The van der Waals surface area contributed by atoms with Crippen LogP contribution in [0.15, 0.2) is 5.03 Å². The van der Waals surface area contributed by atoms with Gasteiger partial charge in [0.1, 0.15) is 10.9 Å². The van der Waals surface area contributed by atoms with E-state index in [2.05, 4.69) is 5.10 Å². The molecule has 1 aromatic heterocycles. The number of nitrogens with two attached hydrogens (primary N) is 1. The number of nitrogen functional groups attached to an aromatic ring is 1. The number of hydrogen-bond acceptors (Lipinski definition) is 4. The van der Waals surface area contributed by atoms with E-state index in [-0.39, 0.29) is 18.4 Å². The third kappa shape index (κ3) is 2.76. The van der Waals surface area contributed by atoms with Gasteiger partial charge in [0.25, 0.3) is 0 Å². The van der Waals surface area contributed by atoms with E-state index in [1.807, 2.05) is 20.9 Å². The zero-order chi connectivity index (χ0) is 12.3. The summed E-state index contributed by atoms with van der Waals surface area (Å²) in [5.74, 6) is 1.06. The molecule has 0 aromatic carbocycles. The Hall–Kier alpha value is -1.01. The Kier molecular flexibility index (Phi) is 4.37. The molecule has 0 radical (unpaired) electrons. The molecule has 1 atom stereocenters. The Morgan fingerprint density at radius 3 is 2.81 bits per heavy atom. The molecule has 0 bridgehead atoms. The van der Waals surface area contributed by atoms with E-state index >= 15 is 0 Å². The van der Waals surface area contributed by atoms with Gasteiger partial charge in [0, 0.05) is 19.4 Å². The first-order valence-corrected chi connectivity index (χ1v) is 6.07.